The molecule has 1 aromatic carbocycles. The number of aryl methyl sites for hydroxylation is 3. The molecule has 0 atom stereocenters. The summed E-state index contributed by atoms with van der Waals surface area (Å²) in [7, 11) is 1.58. The number of nitrogens with zero attached hydrogens (tertiary/aromatic N) is 2. The number of aromatic carboxylic acids is 1. The maximum Gasteiger partial charge on any atom is 0.354 e. The molecule has 18 heavy (non-hydrogen) atoms. The van der Waals surface area contributed by atoms with E-state index in [1.165, 1.54) is 10.7 Å². The first-order valence-electron chi connectivity index (χ1n) is 5.45. The summed E-state index contributed by atoms with van der Waals surface area (Å²) in [4.78, 5) is 11.2. The molecule has 2 aromatic rings. The van der Waals surface area contributed by atoms with E-state index in [1.807, 2.05) is 0 Å². The molecule has 0 aliphatic rings. The molecule has 0 unspecified atom stereocenters. The molecule has 0 radical (unpaired) electrons. The van der Waals surface area contributed by atoms with Crippen LogP contribution in [0.15, 0.2) is 18.2 Å². The lowest BCUT2D eigenvalue weighted by Crippen LogP contribution is -2.06. The first-order chi connectivity index (χ1) is 8.41. The second-order valence-electron chi connectivity index (χ2n) is 4.20. The molecule has 0 amide bonds. The van der Waals surface area contributed by atoms with Gasteiger partial charge >= 0.3 is 5.97 Å². The summed E-state index contributed by atoms with van der Waals surface area (Å²) in [6.45, 7) is 3.38. The molecule has 1 N–H and O–H groups in total. The van der Waals surface area contributed by atoms with Gasteiger partial charge in [0, 0.05) is 12.6 Å². The minimum atomic E-state index is -1.05. The predicted octanol–water partition coefficient (Wildman–Crippen LogP) is 2.54. The summed E-state index contributed by atoms with van der Waals surface area (Å²) in [6, 6.07) is 4.54. The smallest absolute Gasteiger partial charge is 0.354 e. The van der Waals surface area contributed by atoms with Gasteiger partial charge in [-0.3, -0.25) is 4.68 Å². The van der Waals surface area contributed by atoms with E-state index in [0.29, 0.717) is 22.4 Å². The largest absolute Gasteiger partial charge is 0.477 e. The minimum absolute atomic E-state index is 0.110. The monoisotopic (exact) mass is 248 g/mol. The van der Waals surface area contributed by atoms with Gasteiger partial charge in [-0.05, 0) is 37.1 Å². The van der Waals surface area contributed by atoms with Crippen LogP contribution >= 0.6 is 0 Å². The zero-order valence-corrected chi connectivity index (χ0v) is 10.4. The molecular formula is C13H13FN2O2. The van der Waals surface area contributed by atoms with E-state index in [-0.39, 0.29) is 11.5 Å². The van der Waals surface area contributed by atoms with Crippen molar-refractivity contribution < 1.29 is 14.3 Å². The number of aromatic nitrogens is 2. The van der Waals surface area contributed by atoms with Gasteiger partial charge < -0.3 is 5.11 Å². The van der Waals surface area contributed by atoms with E-state index in [9.17, 15) is 14.3 Å². The number of carboxylic acid groups (broad SMARTS) is 1. The van der Waals surface area contributed by atoms with Gasteiger partial charge in [0.2, 0.25) is 0 Å². The van der Waals surface area contributed by atoms with Crippen LogP contribution in [0.3, 0.4) is 0 Å². The van der Waals surface area contributed by atoms with Crippen LogP contribution in [0.1, 0.15) is 21.7 Å². The molecule has 1 heterocycles. The Labute approximate surface area is 104 Å². The van der Waals surface area contributed by atoms with Crippen LogP contribution in [-0.4, -0.2) is 20.9 Å². The van der Waals surface area contributed by atoms with Crippen molar-refractivity contribution in [3.63, 3.8) is 0 Å². The second-order valence-corrected chi connectivity index (χ2v) is 4.20. The number of benzene rings is 1. The first-order valence-corrected chi connectivity index (χ1v) is 5.45. The van der Waals surface area contributed by atoms with E-state index >= 15 is 0 Å². The van der Waals surface area contributed by atoms with Crippen molar-refractivity contribution in [1.82, 2.24) is 9.78 Å². The zero-order chi connectivity index (χ0) is 13.4. The number of carboxylic acids is 1. The highest BCUT2D eigenvalue weighted by molar-refractivity contribution is 5.95. The molecule has 0 aliphatic carbocycles. The highest BCUT2D eigenvalue weighted by Crippen LogP contribution is 2.28. The molecule has 0 fully saturated rings. The molecular weight excluding hydrogens is 235 g/mol. The molecule has 2 rings (SSSR count). The standard InChI is InChI=1S/C13H13FN2O2/c1-7-6-9(4-5-10(7)14)11-8(2)15-16(3)12(11)13(17)18/h4-6H,1-3H3,(H,17,18). The van der Waals surface area contributed by atoms with Gasteiger partial charge in [0.1, 0.15) is 5.82 Å². The molecule has 94 valence electrons. The van der Waals surface area contributed by atoms with Crippen molar-refractivity contribution in [2.45, 2.75) is 13.8 Å². The van der Waals surface area contributed by atoms with Crippen molar-refractivity contribution >= 4 is 5.97 Å². The molecule has 4 nitrogen and oxygen atoms in total. The average Bonchev–Trinajstić information content (AvgIpc) is 2.57. The third kappa shape index (κ3) is 1.88. The molecule has 0 bridgehead atoms. The summed E-state index contributed by atoms with van der Waals surface area (Å²) >= 11 is 0. The van der Waals surface area contributed by atoms with Crippen molar-refractivity contribution in [3.05, 3.63) is 41.0 Å². The van der Waals surface area contributed by atoms with Gasteiger partial charge in [-0.25, -0.2) is 9.18 Å². The highest BCUT2D eigenvalue weighted by Gasteiger charge is 2.20. The Morgan fingerprint density at radius 3 is 2.61 bits per heavy atom. The third-order valence-corrected chi connectivity index (χ3v) is 2.87. The predicted molar refractivity (Wildman–Crippen MR) is 65.0 cm³/mol. The van der Waals surface area contributed by atoms with Crippen LogP contribution in [-0.2, 0) is 7.05 Å². The zero-order valence-electron chi connectivity index (χ0n) is 10.4. The van der Waals surface area contributed by atoms with E-state index in [2.05, 4.69) is 5.10 Å². The lowest BCUT2D eigenvalue weighted by Gasteiger charge is -2.05. The third-order valence-electron chi connectivity index (χ3n) is 2.87. The van der Waals surface area contributed by atoms with Crippen LogP contribution < -0.4 is 0 Å². The summed E-state index contributed by atoms with van der Waals surface area (Å²) in [5, 5.41) is 13.3. The number of hydrogen-bond acceptors (Lipinski definition) is 2. The lowest BCUT2D eigenvalue weighted by molar-refractivity contribution is 0.0686. The normalized spacial score (nSPS) is 10.7. The van der Waals surface area contributed by atoms with Crippen LogP contribution in [0, 0.1) is 19.7 Å². The fourth-order valence-corrected chi connectivity index (χ4v) is 2.05. The Morgan fingerprint density at radius 2 is 2.06 bits per heavy atom. The summed E-state index contributed by atoms with van der Waals surface area (Å²) in [6.07, 6.45) is 0. The van der Waals surface area contributed by atoms with Crippen molar-refractivity contribution in [2.24, 2.45) is 7.05 Å². The Kier molecular flexibility index (Phi) is 2.90. The lowest BCUT2D eigenvalue weighted by atomic mass is 10.0. The maximum atomic E-state index is 13.2. The Balaban J connectivity index is 2.70. The molecule has 0 spiro atoms. The minimum Gasteiger partial charge on any atom is -0.477 e. The topological polar surface area (TPSA) is 55.1 Å². The van der Waals surface area contributed by atoms with Crippen molar-refractivity contribution in [3.8, 4) is 11.1 Å². The number of halogens is 1. The molecule has 0 aliphatic heterocycles. The van der Waals surface area contributed by atoms with Gasteiger partial charge in [-0.1, -0.05) is 6.07 Å². The number of hydrogen-bond donors (Lipinski definition) is 1. The highest BCUT2D eigenvalue weighted by atomic mass is 19.1. The fourth-order valence-electron chi connectivity index (χ4n) is 2.05. The van der Waals surface area contributed by atoms with Gasteiger partial charge in [0.15, 0.2) is 5.69 Å². The molecule has 0 saturated heterocycles. The molecule has 1 aromatic heterocycles. The average molecular weight is 248 g/mol. The Morgan fingerprint density at radius 1 is 1.39 bits per heavy atom. The van der Waals surface area contributed by atoms with Crippen LogP contribution in [0.4, 0.5) is 4.39 Å². The van der Waals surface area contributed by atoms with Gasteiger partial charge in [-0.15, -0.1) is 0 Å². The molecule has 0 saturated carbocycles. The second kappa shape index (κ2) is 4.25. The maximum absolute atomic E-state index is 13.2. The fraction of sp³-hybridized carbons (Fsp3) is 0.231. The van der Waals surface area contributed by atoms with Gasteiger partial charge in [0.05, 0.1) is 5.69 Å². The molecule has 5 heteroatoms. The number of rotatable bonds is 2. The SMILES string of the molecule is Cc1cc(-c2c(C)nn(C)c2C(=O)O)ccc1F. The van der Waals surface area contributed by atoms with E-state index in [4.69, 9.17) is 0 Å². The van der Waals surface area contributed by atoms with Gasteiger partial charge in [0.25, 0.3) is 0 Å². The van der Waals surface area contributed by atoms with Crippen molar-refractivity contribution in [2.75, 3.05) is 0 Å². The van der Waals surface area contributed by atoms with E-state index in [1.54, 1.807) is 33.0 Å². The van der Waals surface area contributed by atoms with Crippen LogP contribution in [0.25, 0.3) is 11.1 Å². The van der Waals surface area contributed by atoms with Crippen LogP contribution in [0.2, 0.25) is 0 Å². The first kappa shape index (κ1) is 12.3. The van der Waals surface area contributed by atoms with E-state index < -0.39 is 5.97 Å². The number of carbonyl (C=O) groups is 1. The summed E-state index contributed by atoms with van der Waals surface area (Å²) in [5.74, 6) is -1.35. The summed E-state index contributed by atoms with van der Waals surface area (Å²) < 4.78 is 14.6. The quantitative estimate of drug-likeness (QED) is 0.888. The van der Waals surface area contributed by atoms with Crippen molar-refractivity contribution in [1.29, 1.82) is 0 Å². The Bertz CT molecular complexity index is 632. The Hall–Kier alpha value is -2.17. The van der Waals surface area contributed by atoms with Gasteiger partial charge in [-0.2, -0.15) is 5.10 Å². The van der Waals surface area contributed by atoms with Crippen LogP contribution in [0.5, 0.6) is 0 Å². The summed E-state index contributed by atoms with van der Waals surface area (Å²) in [5.41, 5.74) is 2.40. The van der Waals surface area contributed by atoms with E-state index in [0.717, 1.165) is 0 Å².